The van der Waals surface area contributed by atoms with Crippen molar-refractivity contribution < 1.29 is 4.74 Å². The van der Waals surface area contributed by atoms with E-state index in [4.69, 9.17) is 4.74 Å². The monoisotopic (exact) mass is 289 g/mol. The lowest BCUT2D eigenvalue weighted by Crippen LogP contribution is -2.38. The third kappa shape index (κ3) is 5.03. The molecule has 1 saturated carbocycles. The first kappa shape index (κ1) is 16.4. The molecule has 2 rings (SSSR count). The van der Waals surface area contributed by atoms with Crippen LogP contribution in [0.25, 0.3) is 0 Å². The Labute approximate surface area is 130 Å². The van der Waals surface area contributed by atoms with Gasteiger partial charge in [-0.15, -0.1) is 0 Å². The van der Waals surface area contributed by atoms with Gasteiger partial charge in [-0.1, -0.05) is 32.9 Å². The van der Waals surface area contributed by atoms with Crippen LogP contribution in [0.3, 0.4) is 0 Å². The van der Waals surface area contributed by atoms with Gasteiger partial charge in [-0.2, -0.15) is 0 Å². The Bertz CT molecular complexity index is 401. The molecule has 0 bridgehead atoms. The zero-order valence-corrected chi connectivity index (χ0v) is 13.9. The predicted molar refractivity (Wildman–Crippen MR) is 90.1 cm³/mol. The van der Waals surface area contributed by atoms with Gasteiger partial charge >= 0.3 is 0 Å². The van der Waals surface area contributed by atoms with E-state index in [-0.39, 0.29) is 0 Å². The molecule has 1 aliphatic carbocycles. The minimum atomic E-state index is 0.377. The molecule has 0 heterocycles. The van der Waals surface area contributed by atoms with Crippen LogP contribution < -0.4 is 10.1 Å². The molecule has 0 spiro atoms. The van der Waals surface area contributed by atoms with Gasteiger partial charge in [0.25, 0.3) is 0 Å². The zero-order valence-electron chi connectivity index (χ0n) is 13.9. The summed E-state index contributed by atoms with van der Waals surface area (Å²) in [4.78, 5) is 0. The molecule has 2 heteroatoms. The fraction of sp³-hybridized carbons (Fsp3) is 0.684. The highest BCUT2D eigenvalue weighted by Crippen LogP contribution is 2.26. The molecule has 1 aliphatic rings. The second-order valence-corrected chi connectivity index (χ2v) is 6.44. The van der Waals surface area contributed by atoms with E-state index in [1.165, 1.54) is 37.7 Å². The molecular weight excluding hydrogens is 258 g/mol. The van der Waals surface area contributed by atoms with E-state index >= 15 is 0 Å². The lowest BCUT2D eigenvalue weighted by molar-refractivity contribution is 0.135. The van der Waals surface area contributed by atoms with Gasteiger partial charge in [-0.3, -0.25) is 0 Å². The average Bonchev–Trinajstić information content (AvgIpc) is 2.53. The Kier molecular flexibility index (Phi) is 6.56. The summed E-state index contributed by atoms with van der Waals surface area (Å²) in [5.74, 6) is 1.67. The minimum Gasteiger partial charge on any atom is -0.490 e. The van der Waals surface area contributed by atoms with E-state index in [0.717, 1.165) is 18.7 Å². The topological polar surface area (TPSA) is 21.3 Å². The average molecular weight is 289 g/mol. The van der Waals surface area contributed by atoms with E-state index < -0.39 is 0 Å². The predicted octanol–water partition coefficient (Wildman–Crippen LogP) is 4.89. The Morgan fingerprint density at radius 1 is 1.19 bits per heavy atom. The Morgan fingerprint density at radius 2 is 1.95 bits per heavy atom. The molecular formula is C19H31NO. The van der Waals surface area contributed by atoms with Crippen molar-refractivity contribution in [2.75, 3.05) is 6.54 Å². The van der Waals surface area contributed by atoms with Crippen molar-refractivity contribution in [1.82, 2.24) is 5.32 Å². The Morgan fingerprint density at radius 3 is 2.62 bits per heavy atom. The summed E-state index contributed by atoms with van der Waals surface area (Å²) >= 11 is 0. The summed E-state index contributed by atoms with van der Waals surface area (Å²) < 4.78 is 6.19. The maximum atomic E-state index is 6.19. The van der Waals surface area contributed by atoms with E-state index in [0.29, 0.717) is 18.1 Å². The molecule has 0 saturated heterocycles. The Balaban J connectivity index is 1.86. The molecule has 118 valence electrons. The van der Waals surface area contributed by atoms with Gasteiger partial charge < -0.3 is 10.1 Å². The third-order valence-corrected chi connectivity index (χ3v) is 4.67. The van der Waals surface area contributed by atoms with Crippen LogP contribution in [0, 0.1) is 0 Å². The molecule has 1 aromatic carbocycles. The molecule has 3 atom stereocenters. The van der Waals surface area contributed by atoms with Crippen LogP contribution in [0.1, 0.15) is 70.8 Å². The summed E-state index contributed by atoms with van der Waals surface area (Å²) in [6.45, 7) is 7.87. The summed E-state index contributed by atoms with van der Waals surface area (Å²) in [5, 5.41) is 3.64. The number of ether oxygens (including phenoxy) is 1. The van der Waals surface area contributed by atoms with Crippen molar-refractivity contribution in [3.63, 3.8) is 0 Å². The van der Waals surface area contributed by atoms with Gasteiger partial charge in [-0.05, 0) is 68.7 Å². The van der Waals surface area contributed by atoms with Crippen LogP contribution >= 0.6 is 0 Å². The fourth-order valence-electron chi connectivity index (χ4n) is 3.09. The highest BCUT2D eigenvalue weighted by Gasteiger charge is 2.22. The van der Waals surface area contributed by atoms with Crippen molar-refractivity contribution in [3.8, 4) is 5.75 Å². The summed E-state index contributed by atoms with van der Waals surface area (Å²) in [7, 11) is 0. The summed E-state index contributed by atoms with van der Waals surface area (Å²) in [6.07, 6.45) is 7.68. The molecule has 1 fully saturated rings. The second-order valence-electron chi connectivity index (χ2n) is 6.44. The molecule has 0 radical (unpaired) electrons. The van der Waals surface area contributed by atoms with Crippen LogP contribution in [0.4, 0.5) is 0 Å². The number of hydrogen-bond donors (Lipinski definition) is 1. The molecule has 2 nitrogen and oxygen atoms in total. The van der Waals surface area contributed by atoms with Gasteiger partial charge in [0, 0.05) is 6.04 Å². The fourth-order valence-corrected chi connectivity index (χ4v) is 3.09. The zero-order chi connectivity index (χ0) is 15.1. The first-order valence-corrected chi connectivity index (χ1v) is 8.72. The van der Waals surface area contributed by atoms with Gasteiger partial charge in [0.2, 0.25) is 0 Å². The van der Waals surface area contributed by atoms with Gasteiger partial charge in [0.15, 0.2) is 0 Å². The van der Waals surface area contributed by atoms with Crippen molar-refractivity contribution in [3.05, 3.63) is 29.8 Å². The van der Waals surface area contributed by atoms with Gasteiger partial charge in [0.05, 0.1) is 0 Å². The highest BCUT2D eigenvalue weighted by molar-refractivity contribution is 5.29. The molecule has 0 aromatic heterocycles. The number of hydrogen-bond acceptors (Lipinski definition) is 2. The van der Waals surface area contributed by atoms with E-state index in [1.54, 1.807) is 0 Å². The number of rotatable bonds is 7. The van der Waals surface area contributed by atoms with Crippen LogP contribution in [-0.2, 0) is 0 Å². The Hall–Kier alpha value is -1.02. The number of nitrogens with one attached hydrogen (secondary N) is 1. The SMILES string of the molecule is CCCNC1CCCC(Oc2ccc(C(C)CC)cc2)C1. The van der Waals surface area contributed by atoms with E-state index in [2.05, 4.69) is 50.4 Å². The minimum absolute atomic E-state index is 0.377. The molecule has 3 unspecified atom stereocenters. The van der Waals surface area contributed by atoms with Crippen molar-refractivity contribution in [1.29, 1.82) is 0 Å². The third-order valence-electron chi connectivity index (χ3n) is 4.67. The first-order valence-electron chi connectivity index (χ1n) is 8.72. The van der Waals surface area contributed by atoms with E-state index in [1.807, 2.05) is 0 Å². The quantitative estimate of drug-likeness (QED) is 0.771. The molecule has 1 N–H and O–H groups in total. The van der Waals surface area contributed by atoms with Crippen LogP contribution in [0.2, 0.25) is 0 Å². The van der Waals surface area contributed by atoms with Crippen LogP contribution in [0.15, 0.2) is 24.3 Å². The standard InChI is InChI=1S/C19H31NO/c1-4-13-20-17-7-6-8-19(14-17)21-18-11-9-16(10-12-18)15(3)5-2/h9-12,15,17,19-20H,4-8,13-14H2,1-3H3. The lowest BCUT2D eigenvalue weighted by atomic mass is 9.92. The lowest BCUT2D eigenvalue weighted by Gasteiger charge is -2.30. The second kappa shape index (κ2) is 8.43. The van der Waals surface area contributed by atoms with Crippen LogP contribution in [-0.4, -0.2) is 18.7 Å². The molecule has 0 amide bonds. The largest absolute Gasteiger partial charge is 0.490 e. The first-order chi connectivity index (χ1) is 10.2. The maximum Gasteiger partial charge on any atom is 0.119 e. The molecule has 0 aliphatic heterocycles. The highest BCUT2D eigenvalue weighted by atomic mass is 16.5. The van der Waals surface area contributed by atoms with Crippen molar-refractivity contribution in [2.24, 2.45) is 0 Å². The van der Waals surface area contributed by atoms with Crippen LogP contribution in [0.5, 0.6) is 5.75 Å². The summed E-state index contributed by atoms with van der Waals surface area (Å²) in [5.41, 5.74) is 1.41. The van der Waals surface area contributed by atoms with Gasteiger partial charge in [0.1, 0.15) is 11.9 Å². The molecule has 21 heavy (non-hydrogen) atoms. The van der Waals surface area contributed by atoms with Gasteiger partial charge in [-0.25, -0.2) is 0 Å². The summed E-state index contributed by atoms with van der Waals surface area (Å²) in [6, 6.07) is 9.37. The molecule has 1 aromatic rings. The smallest absolute Gasteiger partial charge is 0.119 e. The van der Waals surface area contributed by atoms with Crippen molar-refractivity contribution in [2.45, 2.75) is 77.4 Å². The maximum absolute atomic E-state index is 6.19. The number of benzene rings is 1. The van der Waals surface area contributed by atoms with Crippen molar-refractivity contribution >= 4 is 0 Å². The normalized spacial score (nSPS) is 23.8. The van der Waals surface area contributed by atoms with E-state index in [9.17, 15) is 0 Å².